The first-order valence-corrected chi connectivity index (χ1v) is 8.40. The van der Waals surface area contributed by atoms with Gasteiger partial charge in [-0.15, -0.1) is 0 Å². The summed E-state index contributed by atoms with van der Waals surface area (Å²) in [5.74, 6) is 0.498. The second-order valence-corrected chi connectivity index (χ2v) is 5.90. The lowest BCUT2D eigenvalue weighted by Gasteiger charge is -2.26. The van der Waals surface area contributed by atoms with Crippen LogP contribution in [0, 0.1) is 0 Å². The predicted octanol–water partition coefficient (Wildman–Crippen LogP) is 0.872. The Morgan fingerprint density at radius 3 is 2.65 bits per heavy atom. The largest absolute Gasteiger partial charge is 0.496 e. The lowest BCUT2D eigenvalue weighted by Crippen LogP contribution is -2.41. The number of fused-ring (bicyclic) bond motifs is 1. The highest BCUT2D eigenvalue weighted by atomic mass is 16.5. The molecule has 26 heavy (non-hydrogen) atoms. The highest BCUT2D eigenvalue weighted by molar-refractivity contribution is 5.98. The number of methoxy groups -OCH3 is 2. The van der Waals surface area contributed by atoms with Gasteiger partial charge in [0.05, 0.1) is 32.8 Å². The van der Waals surface area contributed by atoms with E-state index in [9.17, 15) is 9.59 Å². The van der Waals surface area contributed by atoms with Crippen molar-refractivity contribution in [2.45, 2.75) is 0 Å². The highest BCUT2D eigenvalue weighted by Gasteiger charge is 2.17. The van der Waals surface area contributed by atoms with Crippen LogP contribution < -0.4 is 20.4 Å². The van der Waals surface area contributed by atoms with Crippen LogP contribution in [-0.2, 0) is 4.74 Å². The molecule has 1 N–H and O–H groups in total. The summed E-state index contributed by atoms with van der Waals surface area (Å²) in [5.41, 5.74) is -0.448. The average Bonchev–Trinajstić information content (AvgIpc) is 2.67. The normalized spacial score (nSPS) is 15.0. The number of hydrogen-bond acceptors (Lipinski definition) is 7. The lowest BCUT2D eigenvalue weighted by atomic mass is 10.1. The summed E-state index contributed by atoms with van der Waals surface area (Å²) in [5, 5.41) is 3.30. The molecular formula is C18H22N2O6. The maximum absolute atomic E-state index is 12.4. The van der Waals surface area contributed by atoms with Gasteiger partial charge in [0.25, 0.3) is 5.91 Å². The third-order valence-corrected chi connectivity index (χ3v) is 4.31. The van der Waals surface area contributed by atoms with E-state index in [4.69, 9.17) is 18.6 Å². The number of amides is 1. The van der Waals surface area contributed by atoms with E-state index in [1.54, 1.807) is 12.1 Å². The Balaban J connectivity index is 1.77. The molecule has 0 atom stereocenters. The number of carbonyl (C=O) groups excluding carboxylic acids is 1. The van der Waals surface area contributed by atoms with Gasteiger partial charge in [-0.25, -0.2) is 4.79 Å². The minimum atomic E-state index is -0.698. The van der Waals surface area contributed by atoms with Gasteiger partial charge < -0.3 is 23.9 Å². The molecule has 1 aliphatic rings. The first kappa shape index (κ1) is 18.2. The Bertz CT molecular complexity index is 841. The second kappa shape index (κ2) is 8.20. The Hall–Kier alpha value is -2.58. The summed E-state index contributed by atoms with van der Waals surface area (Å²) in [6.07, 6.45) is 0. The van der Waals surface area contributed by atoms with Gasteiger partial charge >= 0.3 is 5.63 Å². The summed E-state index contributed by atoms with van der Waals surface area (Å²) in [6.45, 7) is 4.22. The van der Waals surface area contributed by atoms with E-state index in [2.05, 4.69) is 10.2 Å². The number of morpholine rings is 1. The lowest BCUT2D eigenvalue weighted by molar-refractivity contribution is 0.0383. The van der Waals surface area contributed by atoms with Crippen molar-refractivity contribution in [3.63, 3.8) is 0 Å². The van der Waals surface area contributed by atoms with E-state index < -0.39 is 11.5 Å². The van der Waals surface area contributed by atoms with Crippen LogP contribution in [0.2, 0.25) is 0 Å². The molecule has 1 fully saturated rings. The molecule has 8 heteroatoms. The topological polar surface area (TPSA) is 90.2 Å². The minimum absolute atomic E-state index is 0.0528. The Morgan fingerprint density at radius 1 is 1.19 bits per heavy atom. The van der Waals surface area contributed by atoms with E-state index in [1.165, 1.54) is 20.3 Å². The number of nitrogens with zero attached hydrogens (tertiary/aromatic N) is 1. The smallest absolute Gasteiger partial charge is 0.349 e. The van der Waals surface area contributed by atoms with Gasteiger partial charge in [0.2, 0.25) is 0 Å². The Kier molecular flexibility index (Phi) is 5.75. The van der Waals surface area contributed by atoms with E-state index in [0.717, 1.165) is 13.1 Å². The molecule has 0 spiro atoms. The quantitative estimate of drug-likeness (QED) is 0.763. The first-order valence-electron chi connectivity index (χ1n) is 8.40. The van der Waals surface area contributed by atoms with Crippen LogP contribution in [0.4, 0.5) is 0 Å². The van der Waals surface area contributed by atoms with Crippen molar-refractivity contribution < 1.29 is 23.4 Å². The van der Waals surface area contributed by atoms with Crippen molar-refractivity contribution in [1.82, 2.24) is 10.2 Å². The molecule has 3 rings (SSSR count). The van der Waals surface area contributed by atoms with Crippen molar-refractivity contribution in [2.24, 2.45) is 0 Å². The van der Waals surface area contributed by atoms with Crippen LogP contribution in [0.25, 0.3) is 11.0 Å². The maximum atomic E-state index is 12.4. The van der Waals surface area contributed by atoms with Gasteiger partial charge in [-0.2, -0.15) is 0 Å². The van der Waals surface area contributed by atoms with E-state index in [-0.39, 0.29) is 5.56 Å². The van der Waals surface area contributed by atoms with Gasteiger partial charge in [-0.05, 0) is 6.07 Å². The summed E-state index contributed by atoms with van der Waals surface area (Å²) >= 11 is 0. The summed E-state index contributed by atoms with van der Waals surface area (Å²) in [6, 6.07) is 4.74. The molecule has 1 saturated heterocycles. The Labute approximate surface area is 150 Å². The zero-order chi connectivity index (χ0) is 18.5. The van der Waals surface area contributed by atoms with Gasteiger partial charge in [-0.1, -0.05) is 0 Å². The van der Waals surface area contributed by atoms with Gasteiger partial charge in [0.1, 0.15) is 22.6 Å². The molecule has 0 unspecified atom stereocenters. The maximum Gasteiger partial charge on any atom is 0.349 e. The van der Waals surface area contributed by atoms with Crippen molar-refractivity contribution in [1.29, 1.82) is 0 Å². The molecular weight excluding hydrogens is 340 g/mol. The first-order chi connectivity index (χ1) is 12.6. The number of nitrogens with one attached hydrogen (secondary N) is 1. The van der Waals surface area contributed by atoms with Crippen LogP contribution in [0.3, 0.4) is 0 Å². The monoisotopic (exact) mass is 362 g/mol. The second-order valence-electron chi connectivity index (χ2n) is 5.90. The Morgan fingerprint density at radius 2 is 1.96 bits per heavy atom. The fourth-order valence-electron chi connectivity index (χ4n) is 2.85. The van der Waals surface area contributed by atoms with Gasteiger partial charge in [0.15, 0.2) is 0 Å². The van der Waals surface area contributed by atoms with Gasteiger partial charge in [-0.3, -0.25) is 9.69 Å². The number of ether oxygens (including phenoxy) is 3. The third kappa shape index (κ3) is 3.97. The van der Waals surface area contributed by atoms with Crippen molar-refractivity contribution in [3.8, 4) is 11.5 Å². The van der Waals surface area contributed by atoms with Crippen LogP contribution in [0.1, 0.15) is 10.4 Å². The molecule has 2 aromatic rings. The number of benzene rings is 1. The van der Waals surface area contributed by atoms with Crippen molar-refractivity contribution in [2.75, 3.05) is 53.6 Å². The zero-order valence-corrected chi connectivity index (χ0v) is 14.9. The van der Waals surface area contributed by atoms with Crippen molar-refractivity contribution >= 4 is 16.9 Å². The van der Waals surface area contributed by atoms with Crippen LogP contribution in [-0.4, -0.2) is 64.4 Å². The standard InChI is InChI=1S/C18H22N2O6/c1-23-12-9-15(24-2)13-11-14(18(22)26-16(13)10-12)17(21)19-3-4-20-5-7-25-8-6-20/h9-11H,3-8H2,1-2H3,(H,19,21). The molecule has 8 nitrogen and oxygen atoms in total. The molecule has 1 aromatic carbocycles. The van der Waals surface area contributed by atoms with E-state index in [0.29, 0.717) is 48.8 Å². The minimum Gasteiger partial charge on any atom is -0.496 e. The molecule has 0 aliphatic carbocycles. The summed E-state index contributed by atoms with van der Waals surface area (Å²) in [7, 11) is 3.01. The van der Waals surface area contributed by atoms with Crippen LogP contribution in [0.15, 0.2) is 27.4 Å². The highest BCUT2D eigenvalue weighted by Crippen LogP contribution is 2.30. The van der Waals surface area contributed by atoms with Crippen LogP contribution in [0.5, 0.6) is 11.5 Å². The summed E-state index contributed by atoms with van der Waals surface area (Å²) in [4.78, 5) is 26.8. The summed E-state index contributed by atoms with van der Waals surface area (Å²) < 4.78 is 21.1. The molecule has 1 amide bonds. The fourth-order valence-corrected chi connectivity index (χ4v) is 2.85. The molecule has 1 aromatic heterocycles. The third-order valence-electron chi connectivity index (χ3n) is 4.31. The molecule has 0 radical (unpaired) electrons. The number of hydrogen-bond donors (Lipinski definition) is 1. The molecule has 0 bridgehead atoms. The van der Waals surface area contributed by atoms with Crippen LogP contribution >= 0.6 is 0 Å². The SMILES string of the molecule is COc1cc(OC)c2cc(C(=O)NCCN3CCOCC3)c(=O)oc2c1. The van der Waals surface area contributed by atoms with Crippen molar-refractivity contribution in [3.05, 3.63) is 34.2 Å². The molecule has 0 saturated carbocycles. The molecule has 140 valence electrons. The average molecular weight is 362 g/mol. The number of rotatable bonds is 6. The molecule has 1 aliphatic heterocycles. The molecule has 2 heterocycles. The van der Waals surface area contributed by atoms with Gasteiger partial charge in [0, 0.05) is 38.3 Å². The van der Waals surface area contributed by atoms with E-state index in [1.807, 2.05) is 0 Å². The fraction of sp³-hybridized carbons (Fsp3) is 0.444. The van der Waals surface area contributed by atoms with E-state index >= 15 is 0 Å². The number of carbonyl (C=O) groups is 1. The zero-order valence-electron chi connectivity index (χ0n) is 14.9. The predicted molar refractivity (Wildman–Crippen MR) is 95.2 cm³/mol.